The fraction of sp³-hybridized carbons (Fsp3) is 0.600. The lowest BCUT2D eigenvalue weighted by atomic mass is 10.2. The van der Waals surface area contributed by atoms with Gasteiger partial charge in [0.15, 0.2) is 5.82 Å². The van der Waals surface area contributed by atoms with Gasteiger partial charge in [-0.2, -0.15) is 5.10 Å². The van der Waals surface area contributed by atoms with Crippen LogP contribution in [0.2, 0.25) is 0 Å². The molecule has 18 heavy (non-hydrogen) atoms. The first kappa shape index (κ1) is 13.2. The van der Waals surface area contributed by atoms with Gasteiger partial charge in [-0.25, -0.2) is 17.5 Å². The molecule has 100 valence electrons. The van der Waals surface area contributed by atoms with E-state index in [1.165, 1.54) is 6.20 Å². The Balaban J connectivity index is 2.09. The Morgan fingerprint density at radius 2 is 2.39 bits per heavy atom. The third-order valence-electron chi connectivity index (χ3n) is 2.80. The largest absolute Gasteiger partial charge is 0.348 e. The lowest BCUT2D eigenvalue weighted by Gasteiger charge is -2.24. The second-order valence-corrected chi connectivity index (χ2v) is 6.17. The van der Waals surface area contributed by atoms with Gasteiger partial charge in [0.1, 0.15) is 6.17 Å². The maximum absolute atomic E-state index is 13.5. The molecule has 0 spiro atoms. The topological polar surface area (TPSA) is 75.2 Å². The number of rotatable bonds is 4. The van der Waals surface area contributed by atoms with E-state index in [4.69, 9.17) is 0 Å². The van der Waals surface area contributed by atoms with Crippen molar-refractivity contribution in [3.8, 4) is 0 Å². The lowest BCUT2D eigenvalue weighted by Crippen LogP contribution is -2.40. The molecule has 0 unspecified atom stereocenters. The van der Waals surface area contributed by atoms with Crippen molar-refractivity contribution in [1.82, 2.24) is 14.9 Å². The molecule has 2 atom stereocenters. The molecule has 0 amide bonds. The van der Waals surface area contributed by atoms with Crippen molar-refractivity contribution in [3.05, 3.63) is 18.3 Å². The zero-order chi connectivity index (χ0) is 13.2. The molecule has 1 N–H and O–H groups in total. The molecular formula is C10H15FN4O2S. The summed E-state index contributed by atoms with van der Waals surface area (Å²) in [6.07, 6.45) is 1.94. The fourth-order valence-electron chi connectivity index (χ4n) is 2.03. The van der Waals surface area contributed by atoms with Crippen molar-refractivity contribution in [3.63, 3.8) is 0 Å². The number of aromatic nitrogens is 2. The van der Waals surface area contributed by atoms with Crippen LogP contribution in [0.3, 0.4) is 0 Å². The van der Waals surface area contributed by atoms with Crippen LogP contribution >= 0.6 is 0 Å². The van der Waals surface area contributed by atoms with E-state index >= 15 is 0 Å². The summed E-state index contributed by atoms with van der Waals surface area (Å²) in [6, 6.07) is 3.22. The minimum absolute atomic E-state index is 0.176. The number of nitrogens with zero attached hydrogens (tertiary/aromatic N) is 3. The number of halogens is 1. The lowest BCUT2D eigenvalue weighted by molar-refractivity contribution is 0.356. The van der Waals surface area contributed by atoms with Crippen molar-refractivity contribution in [2.45, 2.75) is 18.6 Å². The highest BCUT2D eigenvalue weighted by atomic mass is 32.2. The van der Waals surface area contributed by atoms with Crippen LogP contribution in [0.4, 0.5) is 10.2 Å². The van der Waals surface area contributed by atoms with Crippen molar-refractivity contribution >= 4 is 15.8 Å². The van der Waals surface area contributed by atoms with Gasteiger partial charge in [-0.3, -0.25) is 0 Å². The number of alkyl halides is 1. The fourth-order valence-corrected chi connectivity index (χ4v) is 2.52. The molecular weight excluding hydrogens is 259 g/mol. The first-order valence-corrected chi connectivity index (χ1v) is 7.48. The average molecular weight is 274 g/mol. The molecule has 0 radical (unpaired) electrons. The summed E-state index contributed by atoms with van der Waals surface area (Å²) in [7, 11) is -3.27. The predicted octanol–water partition coefficient (Wildman–Crippen LogP) is -0.0574. The van der Waals surface area contributed by atoms with Gasteiger partial charge in [0.25, 0.3) is 0 Å². The molecule has 1 saturated heterocycles. The van der Waals surface area contributed by atoms with Crippen molar-refractivity contribution in [1.29, 1.82) is 0 Å². The Morgan fingerprint density at radius 3 is 3.00 bits per heavy atom. The molecule has 0 saturated carbocycles. The molecule has 2 rings (SSSR count). The predicted molar refractivity (Wildman–Crippen MR) is 65.5 cm³/mol. The molecule has 0 aromatic carbocycles. The summed E-state index contributed by atoms with van der Waals surface area (Å²) in [5, 5.41) is 7.67. The maximum Gasteiger partial charge on any atom is 0.208 e. The van der Waals surface area contributed by atoms with Crippen molar-refractivity contribution in [2.75, 3.05) is 24.2 Å². The zero-order valence-electron chi connectivity index (χ0n) is 9.95. The molecule has 0 aliphatic carbocycles. The first-order chi connectivity index (χ1) is 8.46. The molecule has 1 aliphatic rings. The first-order valence-electron chi connectivity index (χ1n) is 5.59. The average Bonchev–Trinajstić information content (AvgIpc) is 2.68. The van der Waals surface area contributed by atoms with Crippen LogP contribution in [-0.4, -0.2) is 50.2 Å². The standard InChI is InChI=1S/C10H15FN4O2S/c1-18(16,17)13-6-9-5-8(11)7-15(9)10-3-2-4-12-14-10/h2-4,8-9,13H,5-7H2,1H3/t8-,9-/m0/s1. The Morgan fingerprint density at radius 1 is 1.61 bits per heavy atom. The maximum atomic E-state index is 13.5. The molecule has 1 aromatic rings. The number of hydrogen-bond acceptors (Lipinski definition) is 5. The van der Waals surface area contributed by atoms with E-state index in [1.54, 1.807) is 17.0 Å². The minimum atomic E-state index is -3.27. The van der Waals surface area contributed by atoms with Gasteiger partial charge < -0.3 is 4.90 Å². The Kier molecular flexibility index (Phi) is 3.76. The van der Waals surface area contributed by atoms with Crippen LogP contribution in [0.1, 0.15) is 6.42 Å². The van der Waals surface area contributed by atoms with Crippen LogP contribution in [0.5, 0.6) is 0 Å². The van der Waals surface area contributed by atoms with E-state index in [0.717, 1.165) is 6.26 Å². The molecule has 0 bridgehead atoms. The van der Waals surface area contributed by atoms with Gasteiger partial charge in [-0.15, -0.1) is 5.10 Å². The summed E-state index contributed by atoms with van der Waals surface area (Å²) in [6.45, 7) is 0.393. The SMILES string of the molecule is CS(=O)(=O)NC[C@@H]1C[C@H](F)CN1c1cccnn1. The van der Waals surface area contributed by atoms with E-state index in [0.29, 0.717) is 12.2 Å². The second-order valence-electron chi connectivity index (χ2n) is 4.34. The smallest absolute Gasteiger partial charge is 0.208 e. The van der Waals surface area contributed by atoms with Gasteiger partial charge >= 0.3 is 0 Å². The van der Waals surface area contributed by atoms with E-state index in [-0.39, 0.29) is 19.1 Å². The third-order valence-corrected chi connectivity index (χ3v) is 3.49. The quantitative estimate of drug-likeness (QED) is 0.832. The summed E-state index contributed by atoms with van der Waals surface area (Å²) in [4.78, 5) is 1.75. The third kappa shape index (κ3) is 3.36. The molecule has 6 nitrogen and oxygen atoms in total. The molecule has 1 aromatic heterocycles. The van der Waals surface area contributed by atoms with Crippen molar-refractivity contribution < 1.29 is 12.8 Å². The molecule has 2 heterocycles. The van der Waals surface area contributed by atoms with E-state index < -0.39 is 16.2 Å². The van der Waals surface area contributed by atoms with E-state index in [9.17, 15) is 12.8 Å². The summed E-state index contributed by atoms with van der Waals surface area (Å²) >= 11 is 0. The highest BCUT2D eigenvalue weighted by Gasteiger charge is 2.33. The second kappa shape index (κ2) is 5.15. The van der Waals surface area contributed by atoms with Crippen LogP contribution < -0.4 is 9.62 Å². The zero-order valence-corrected chi connectivity index (χ0v) is 10.8. The normalized spacial score (nSPS) is 24.4. The highest BCUT2D eigenvalue weighted by molar-refractivity contribution is 7.88. The number of nitrogens with one attached hydrogen (secondary N) is 1. The highest BCUT2D eigenvalue weighted by Crippen LogP contribution is 2.24. The van der Waals surface area contributed by atoms with Gasteiger partial charge in [0.2, 0.25) is 10.0 Å². The number of anilines is 1. The Labute approximate surface area is 105 Å². The monoisotopic (exact) mass is 274 g/mol. The number of hydrogen-bond donors (Lipinski definition) is 1. The summed E-state index contributed by atoms with van der Waals surface area (Å²) in [5.41, 5.74) is 0. The van der Waals surface area contributed by atoms with Crippen LogP contribution in [0.15, 0.2) is 18.3 Å². The molecule has 1 fully saturated rings. The van der Waals surface area contributed by atoms with Gasteiger partial charge in [0.05, 0.1) is 12.8 Å². The van der Waals surface area contributed by atoms with Gasteiger partial charge in [0, 0.05) is 25.2 Å². The molecule has 1 aliphatic heterocycles. The Hall–Kier alpha value is -1.28. The van der Waals surface area contributed by atoms with Crippen LogP contribution in [0, 0.1) is 0 Å². The summed E-state index contributed by atoms with van der Waals surface area (Å²) in [5.74, 6) is 0.568. The minimum Gasteiger partial charge on any atom is -0.348 e. The van der Waals surface area contributed by atoms with Crippen LogP contribution in [-0.2, 0) is 10.0 Å². The van der Waals surface area contributed by atoms with Gasteiger partial charge in [-0.05, 0) is 12.1 Å². The van der Waals surface area contributed by atoms with Gasteiger partial charge in [-0.1, -0.05) is 0 Å². The van der Waals surface area contributed by atoms with Crippen LogP contribution in [0.25, 0.3) is 0 Å². The molecule has 8 heteroatoms. The summed E-state index contributed by atoms with van der Waals surface area (Å²) < 4.78 is 38.0. The van der Waals surface area contributed by atoms with E-state index in [2.05, 4.69) is 14.9 Å². The van der Waals surface area contributed by atoms with Crippen molar-refractivity contribution in [2.24, 2.45) is 0 Å². The Bertz CT molecular complexity index is 496. The number of sulfonamides is 1. The van der Waals surface area contributed by atoms with E-state index in [1.807, 2.05) is 0 Å².